The first kappa shape index (κ1) is 16.3. The first-order chi connectivity index (χ1) is 9.36. The highest BCUT2D eigenvalue weighted by atomic mass is 16.5. The van der Waals surface area contributed by atoms with E-state index in [0.29, 0.717) is 5.56 Å². The molecule has 20 heavy (non-hydrogen) atoms. The fraction of sp³-hybridized carbons (Fsp3) is 0.412. The van der Waals surface area contributed by atoms with Crippen molar-refractivity contribution in [1.29, 1.82) is 0 Å². The van der Waals surface area contributed by atoms with E-state index in [1.807, 2.05) is 13.0 Å². The van der Waals surface area contributed by atoms with E-state index >= 15 is 0 Å². The summed E-state index contributed by atoms with van der Waals surface area (Å²) in [5, 5.41) is 19.2. The smallest absolute Gasteiger partial charge is 0.123 e. The van der Waals surface area contributed by atoms with Crippen LogP contribution in [0.5, 0.6) is 11.5 Å². The Morgan fingerprint density at radius 2 is 2.00 bits per heavy atom. The van der Waals surface area contributed by atoms with Gasteiger partial charge in [-0.15, -0.1) is 0 Å². The number of hydrogen-bond acceptors (Lipinski definition) is 3. The molecular weight excluding hydrogens is 252 g/mol. The largest absolute Gasteiger partial charge is 0.508 e. The van der Waals surface area contributed by atoms with Gasteiger partial charge >= 0.3 is 0 Å². The monoisotopic (exact) mass is 276 g/mol. The molecule has 1 unspecified atom stereocenters. The Labute approximate surface area is 121 Å². The minimum Gasteiger partial charge on any atom is -0.508 e. The number of ether oxygens (including phenoxy) is 1. The standard InChI is InChI=1S/C17H24O3/c1-13(2)6-5-10-17(3,20-4)11-9-14-12-15(18)7-8-16(14)19/h6-9,11-12,18-19H,5,10H2,1-4H3. The molecule has 0 fully saturated rings. The lowest BCUT2D eigenvalue weighted by atomic mass is 9.97. The van der Waals surface area contributed by atoms with Gasteiger partial charge in [-0.2, -0.15) is 0 Å². The predicted octanol–water partition coefficient (Wildman–Crippen LogP) is 4.26. The van der Waals surface area contributed by atoms with E-state index in [1.54, 1.807) is 13.2 Å². The van der Waals surface area contributed by atoms with E-state index in [-0.39, 0.29) is 11.5 Å². The maximum atomic E-state index is 9.74. The summed E-state index contributed by atoms with van der Waals surface area (Å²) in [7, 11) is 1.68. The third-order valence-corrected chi connectivity index (χ3v) is 3.29. The summed E-state index contributed by atoms with van der Waals surface area (Å²) in [6.07, 6.45) is 7.66. The average Bonchev–Trinajstić information content (AvgIpc) is 2.39. The second-order valence-electron chi connectivity index (χ2n) is 5.41. The molecule has 0 aliphatic rings. The van der Waals surface area contributed by atoms with Crippen molar-refractivity contribution in [2.45, 2.75) is 39.2 Å². The van der Waals surface area contributed by atoms with Crippen molar-refractivity contribution >= 4 is 6.08 Å². The van der Waals surface area contributed by atoms with Crippen LogP contribution in [0.2, 0.25) is 0 Å². The third kappa shape index (κ3) is 5.10. The molecule has 0 spiro atoms. The van der Waals surface area contributed by atoms with E-state index in [2.05, 4.69) is 19.9 Å². The molecule has 0 amide bonds. The van der Waals surface area contributed by atoms with Crippen molar-refractivity contribution in [3.05, 3.63) is 41.5 Å². The summed E-state index contributed by atoms with van der Waals surface area (Å²) >= 11 is 0. The number of benzene rings is 1. The Bertz CT molecular complexity index is 499. The molecule has 0 saturated heterocycles. The molecule has 3 heteroatoms. The first-order valence-corrected chi connectivity index (χ1v) is 6.76. The molecular formula is C17H24O3. The number of methoxy groups -OCH3 is 1. The van der Waals surface area contributed by atoms with Gasteiger partial charge in [0.2, 0.25) is 0 Å². The Morgan fingerprint density at radius 1 is 1.30 bits per heavy atom. The first-order valence-electron chi connectivity index (χ1n) is 6.76. The van der Waals surface area contributed by atoms with Crippen LogP contribution in [0, 0.1) is 0 Å². The van der Waals surface area contributed by atoms with Crippen molar-refractivity contribution < 1.29 is 14.9 Å². The number of allylic oxidation sites excluding steroid dienone is 2. The van der Waals surface area contributed by atoms with Crippen LogP contribution in [-0.4, -0.2) is 22.9 Å². The van der Waals surface area contributed by atoms with E-state index in [4.69, 9.17) is 4.74 Å². The Balaban J connectivity index is 2.83. The summed E-state index contributed by atoms with van der Waals surface area (Å²) in [6, 6.07) is 4.46. The van der Waals surface area contributed by atoms with E-state index in [1.165, 1.54) is 23.8 Å². The van der Waals surface area contributed by atoms with Crippen molar-refractivity contribution in [2.24, 2.45) is 0 Å². The second-order valence-corrected chi connectivity index (χ2v) is 5.41. The number of phenols is 2. The number of hydrogen-bond donors (Lipinski definition) is 2. The Kier molecular flexibility index (Phi) is 5.83. The molecule has 1 aromatic rings. The summed E-state index contributed by atoms with van der Waals surface area (Å²) < 4.78 is 5.55. The van der Waals surface area contributed by atoms with Crippen LogP contribution in [0.3, 0.4) is 0 Å². The molecule has 0 aliphatic heterocycles. The van der Waals surface area contributed by atoms with E-state index < -0.39 is 5.60 Å². The molecule has 0 aromatic heterocycles. The zero-order chi connectivity index (χ0) is 15.2. The van der Waals surface area contributed by atoms with Crippen LogP contribution in [0.15, 0.2) is 35.9 Å². The van der Waals surface area contributed by atoms with Gasteiger partial charge in [0.05, 0.1) is 5.60 Å². The van der Waals surface area contributed by atoms with Crippen molar-refractivity contribution in [1.82, 2.24) is 0 Å². The normalized spacial score (nSPS) is 14.2. The highest BCUT2D eigenvalue weighted by molar-refractivity contribution is 5.59. The van der Waals surface area contributed by atoms with Crippen molar-refractivity contribution in [3.8, 4) is 11.5 Å². The molecule has 1 atom stereocenters. The topological polar surface area (TPSA) is 49.7 Å². The number of phenolic OH excluding ortho intramolecular Hbond substituents is 2. The van der Waals surface area contributed by atoms with Crippen LogP contribution < -0.4 is 0 Å². The van der Waals surface area contributed by atoms with Gasteiger partial charge in [0.25, 0.3) is 0 Å². The third-order valence-electron chi connectivity index (χ3n) is 3.29. The SMILES string of the molecule is COC(C)(C=Cc1cc(O)ccc1O)CCC=C(C)C. The predicted molar refractivity (Wildman–Crippen MR) is 82.9 cm³/mol. The average molecular weight is 276 g/mol. The highest BCUT2D eigenvalue weighted by Crippen LogP contribution is 2.26. The van der Waals surface area contributed by atoms with Crippen molar-refractivity contribution in [2.75, 3.05) is 7.11 Å². The summed E-state index contributed by atoms with van der Waals surface area (Å²) in [5.41, 5.74) is 1.47. The number of aromatic hydroxyl groups is 2. The number of rotatable bonds is 6. The van der Waals surface area contributed by atoms with Crippen LogP contribution >= 0.6 is 0 Å². The quantitative estimate of drug-likeness (QED) is 0.603. The van der Waals surface area contributed by atoms with Gasteiger partial charge in [0.15, 0.2) is 0 Å². The molecule has 3 nitrogen and oxygen atoms in total. The van der Waals surface area contributed by atoms with Gasteiger partial charge in [0, 0.05) is 12.7 Å². The van der Waals surface area contributed by atoms with Gasteiger partial charge in [-0.1, -0.05) is 23.8 Å². The zero-order valence-electron chi connectivity index (χ0n) is 12.7. The van der Waals surface area contributed by atoms with Gasteiger partial charge in [-0.05, 0) is 51.8 Å². The summed E-state index contributed by atoms with van der Waals surface area (Å²) in [6.45, 7) is 6.15. The molecule has 0 radical (unpaired) electrons. The van der Waals surface area contributed by atoms with Crippen LogP contribution in [0.1, 0.15) is 39.2 Å². The Morgan fingerprint density at radius 3 is 2.60 bits per heavy atom. The molecule has 0 aliphatic carbocycles. The molecule has 0 saturated carbocycles. The maximum Gasteiger partial charge on any atom is 0.123 e. The summed E-state index contributed by atoms with van der Waals surface area (Å²) in [5.74, 6) is 0.271. The lowest BCUT2D eigenvalue weighted by Gasteiger charge is -2.24. The summed E-state index contributed by atoms with van der Waals surface area (Å²) in [4.78, 5) is 0. The van der Waals surface area contributed by atoms with Gasteiger partial charge in [0.1, 0.15) is 11.5 Å². The fourth-order valence-corrected chi connectivity index (χ4v) is 1.84. The van der Waals surface area contributed by atoms with Gasteiger partial charge in [-0.3, -0.25) is 0 Å². The molecule has 2 N–H and O–H groups in total. The van der Waals surface area contributed by atoms with Gasteiger partial charge in [-0.25, -0.2) is 0 Å². The highest BCUT2D eigenvalue weighted by Gasteiger charge is 2.18. The fourth-order valence-electron chi connectivity index (χ4n) is 1.84. The second kappa shape index (κ2) is 7.15. The Hall–Kier alpha value is -1.74. The molecule has 110 valence electrons. The lowest BCUT2D eigenvalue weighted by molar-refractivity contribution is 0.0429. The zero-order valence-corrected chi connectivity index (χ0v) is 12.7. The molecule has 1 aromatic carbocycles. The van der Waals surface area contributed by atoms with Crippen molar-refractivity contribution in [3.63, 3.8) is 0 Å². The molecule has 0 bridgehead atoms. The minimum absolute atomic E-state index is 0.131. The van der Waals surface area contributed by atoms with Crippen LogP contribution in [0.4, 0.5) is 0 Å². The minimum atomic E-state index is -0.399. The maximum absolute atomic E-state index is 9.74. The van der Waals surface area contributed by atoms with Gasteiger partial charge < -0.3 is 14.9 Å². The molecule has 0 heterocycles. The van der Waals surface area contributed by atoms with E-state index in [0.717, 1.165) is 12.8 Å². The van der Waals surface area contributed by atoms with E-state index in [9.17, 15) is 10.2 Å². The molecule has 1 rings (SSSR count). The van der Waals surface area contributed by atoms with Crippen LogP contribution in [0.25, 0.3) is 6.08 Å². The van der Waals surface area contributed by atoms with Crippen LogP contribution in [-0.2, 0) is 4.74 Å². The lowest BCUT2D eigenvalue weighted by Crippen LogP contribution is -2.23.